The van der Waals surface area contributed by atoms with Crippen molar-refractivity contribution >= 4 is 33.0 Å². The van der Waals surface area contributed by atoms with Gasteiger partial charge in [-0.05, 0) is 44.5 Å². The molecule has 0 aliphatic carbocycles. The second kappa shape index (κ2) is 7.94. The van der Waals surface area contributed by atoms with Crippen LogP contribution < -0.4 is 14.4 Å². The van der Waals surface area contributed by atoms with Crippen molar-refractivity contribution in [1.82, 2.24) is 0 Å². The number of non-ortho nitro benzene ring substituents is 1. The molecule has 0 bridgehead atoms. The zero-order valence-corrected chi connectivity index (χ0v) is 17.7. The molecule has 1 N–H and O–H groups in total. The van der Waals surface area contributed by atoms with E-state index >= 15 is 0 Å². The van der Waals surface area contributed by atoms with Crippen LogP contribution in [0.15, 0.2) is 47.4 Å². The van der Waals surface area contributed by atoms with E-state index in [1.165, 1.54) is 24.3 Å². The average molecular weight is 433 g/mol. The molecule has 30 heavy (non-hydrogen) atoms. The van der Waals surface area contributed by atoms with Gasteiger partial charge in [-0.25, -0.2) is 8.42 Å². The minimum absolute atomic E-state index is 0.109. The Morgan fingerprint density at radius 1 is 1.23 bits per heavy atom. The highest BCUT2D eigenvalue weighted by Crippen LogP contribution is 2.38. The second-order valence-electron chi connectivity index (χ2n) is 7.67. The van der Waals surface area contributed by atoms with Gasteiger partial charge in [-0.15, -0.1) is 0 Å². The molecule has 0 fully saturated rings. The van der Waals surface area contributed by atoms with Gasteiger partial charge in [0.2, 0.25) is 5.91 Å². The second-order valence-corrected chi connectivity index (χ2v) is 9.35. The maximum absolute atomic E-state index is 13.0. The van der Waals surface area contributed by atoms with E-state index in [0.717, 1.165) is 6.07 Å². The largest absolute Gasteiger partial charge is 0.490 e. The van der Waals surface area contributed by atoms with Crippen LogP contribution >= 0.6 is 0 Å². The summed E-state index contributed by atoms with van der Waals surface area (Å²) < 4.78 is 33.7. The monoisotopic (exact) mass is 433 g/mol. The van der Waals surface area contributed by atoms with Crippen molar-refractivity contribution in [3.05, 3.63) is 52.6 Å². The van der Waals surface area contributed by atoms with Gasteiger partial charge in [-0.3, -0.25) is 19.6 Å². The summed E-state index contributed by atoms with van der Waals surface area (Å²) in [6.45, 7) is 6.21. The number of nitro groups is 1. The third kappa shape index (κ3) is 4.23. The lowest BCUT2D eigenvalue weighted by Crippen LogP contribution is -2.42. The highest BCUT2D eigenvalue weighted by molar-refractivity contribution is 7.92. The Labute approximate surface area is 174 Å². The predicted octanol–water partition coefficient (Wildman–Crippen LogP) is 3.56. The fourth-order valence-corrected chi connectivity index (χ4v) is 4.22. The van der Waals surface area contributed by atoms with E-state index in [2.05, 4.69) is 4.72 Å². The molecule has 0 atom stereocenters. The first-order chi connectivity index (χ1) is 14.0. The number of fused-ring (bicyclic) bond motifs is 1. The van der Waals surface area contributed by atoms with Gasteiger partial charge in [0.25, 0.3) is 15.7 Å². The molecule has 2 aromatic carbocycles. The summed E-state index contributed by atoms with van der Waals surface area (Å²) in [5.74, 6) is 0.377. The number of amides is 1. The molecule has 1 aliphatic heterocycles. The number of nitro benzene ring substituents is 1. The van der Waals surface area contributed by atoms with E-state index in [9.17, 15) is 23.3 Å². The molecule has 3 rings (SSSR count). The fourth-order valence-electron chi connectivity index (χ4n) is 3.13. The van der Waals surface area contributed by atoms with Gasteiger partial charge in [-0.1, -0.05) is 13.0 Å². The van der Waals surface area contributed by atoms with Crippen LogP contribution in [-0.2, 0) is 14.8 Å². The van der Waals surface area contributed by atoms with Crippen molar-refractivity contribution in [1.29, 1.82) is 0 Å². The third-order valence-electron chi connectivity index (χ3n) is 4.70. The van der Waals surface area contributed by atoms with Gasteiger partial charge in [0.15, 0.2) is 0 Å². The van der Waals surface area contributed by atoms with Crippen molar-refractivity contribution in [2.45, 2.75) is 32.1 Å². The van der Waals surface area contributed by atoms with Crippen LogP contribution in [0.4, 0.5) is 17.1 Å². The molecule has 9 nitrogen and oxygen atoms in total. The van der Waals surface area contributed by atoms with Gasteiger partial charge in [0.05, 0.1) is 26.6 Å². The van der Waals surface area contributed by atoms with Crippen LogP contribution in [0.5, 0.6) is 5.75 Å². The summed E-state index contributed by atoms with van der Waals surface area (Å²) in [5.41, 5.74) is -0.351. The number of carbonyl (C=O) groups is 1. The summed E-state index contributed by atoms with van der Waals surface area (Å²) in [6.07, 6.45) is 0.713. The standard InChI is InChI=1S/C20H23N3O6S/c1-4-10-22-17-11-14(8-9-18(17)29-13-20(2,3)19(22)24)21-30(27,28)16-7-5-6-15(12-16)23(25)26/h5-9,11-12,21H,4,10,13H2,1-3H3. The van der Waals surface area contributed by atoms with Crippen molar-refractivity contribution < 1.29 is 22.9 Å². The molecule has 2 aromatic rings. The molecule has 1 heterocycles. The van der Waals surface area contributed by atoms with Crippen LogP contribution in [0, 0.1) is 15.5 Å². The Hall–Kier alpha value is -3.14. The number of anilines is 2. The zero-order valence-electron chi connectivity index (χ0n) is 16.9. The van der Waals surface area contributed by atoms with Gasteiger partial charge in [-0.2, -0.15) is 0 Å². The number of nitrogens with zero attached hydrogens (tertiary/aromatic N) is 2. The van der Waals surface area contributed by atoms with E-state index < -0.39 is 20.4 Å². The van der Waals surface area contributed by atoms with E-state index in [0.29, 0.717) is 24.4 Å². The summed E-state index contributed by atoms with van der Waals surface area (Å²) in [6, 6.07) is 9.47. The molecule has 0 aromatic heterocycles. The predicted molar refractivity (Wildman–Crippen MR) is 112 cm³/mol. The minimum atomic E-state index is -4.07. The minimum Gasteiger partial charge on any atom is -0.490 e. The van der Waals surface area contributed by atoms with Crippen molar-refractivity contribution in [2.24, 2.45) is 5.41 Å². The summed E-state index contributed by atoms with van der Waals surface area (Å²) in [4.78, 5) is 24.6. The number of hydrogen-bond acceptors (Lipinski definition) is 6. The Kier molecular flexibility index (Phi) is 5.71. The number of carbonyl (C=O) groups excluding carboxylic acids is 1. The first kappa shape index (κ1) is 21.6. The molecule has 0 spiro atoms. The first-order valence-corrected chi connectivity index (χ1v) is 10.9. The number of rotatable bonds is 6. The third-order valence-corrected chi connectivity index (χ3v) is 6.08. The molecule has 0 saturated carbocycles. The SMILES string of the molecule is CCCN1C(=O)C(C)(C)COc2ccc(NS(=O)(=O)c3cccc([N+](=O)[O-])c3)cc21. The zero-order chi connectivity index (χ0) is 22.1. The van der Waals surface area contributed by atoms with Crippen LogP contribution in [0.3, 0.4) is 0 Å². The quantitative estimate of drug-likeness (QED) is 0.550. The van der Waals surface area contributed by atoms with E-state index in [1.54, 1.807) is 30.9 Å². The smallest absolute Gasteiger partial charge is 0.270 e. The number of nitrogens with one attached hydrogen (secondary N) is 1. The molecule has 160 valence electrons. The molecule has 1 amide bonds. The fraction of sp³-hybridized carbons (Fsp3) is 0.350. The summed E-state index contributed by atoms with van der Waals surface area (Å²) >= 11 is 0. The average Bonchev–Trinajstić information content (AvgIpc) is 2.78. The van der Waals surface area contributed by atoms with E-state index in [1.807, 2.05) is 6.92 Å². The first-order valence-electron chi connectivity index (χ1n) is 9.41. The lowest BCUT2D eigenvalue weighted by molar-refractivity contribution is -0.385. The van der Waals surface area contributed by atoms with Gasteiger partial charge >= 0.3 is 0 Å². The maximum atomic E-state index is 13.0. The van der Waals surface area contributed by atoms with Crippen LogP contribution in [0.25, 0.3) is 0 Å². The molecule has 0 radical (unpaired) electrons. The topological polar surface area (TPSA) is 119 Å². The Bertz CT molecular complexity index is 1100. The Morgan fingerprint density at radius 2 is 1.97 bits per heavy atom. The van der Waals surface area contributed by atoms with Crippen LogP contribution in [-0.4, -0.2) is 32.4 Å². The number of ether oxygens (including phenoxy) is 1. The number of sulfonamides is 1. The lowest BCUT2D eigenvalue weighted by Gasteiger charge is -2.28. The van der Waals surface area contributed by atoms with E-state index in [4.69, 9.17) is 4.74 Å². The van der Waals surface area contributed by atoms with Crippen LogP contribution in [0.1, 0.15) is 27.2 Å². The highest BCUT2D eigenvalue weighted by Gasteiger charge is 2.37. The summed E-state index contributed by atoms with van der Waals surface area (Å²) in [7, 11) is -4.07. The van der Waals surface area contributed by atoms with Crippen molar-refractivity contribution in [2.75, 3.05) is 22.8 Å². The molecular formula is C20H23N3O6S. The van der Waals surface area contributed by atoms with Crippen molar-refractivity contribution in [3.63, 3.8) is 0 Å². The lowest BCUT2D eigenvalue weighted by atomic mass is 9.93. The number of benzene rings is 2. The van der Waals surface area contributed by atoms with Gasteiger partial charge in [0, 0.05) is 18.7 Å². The van der Waals surface area contributed by atoms with E-state index in [-0.39, 0.29) is 28.8 Å². The maximum Gasteiger partial charge on any atom is 0.270 e. The molecular weight excluding hydrogens is 410 g/mol. The molecule has 1 aliphatic rings. The molecule has 10 heteroatoms. The Balaban J connectivity index is 1.98. The molecule has 0 saturated heterocycles. The van der Waals surface area contributed by atoms with Crippen molar-refractivity contribution in [3.8, 4) is 5.75 Å². The van der Waals surface area contributed by atoms with Gasteiger partial charge in [0.1, 0.15) is 12.4 Å². The summed E-state index contributed by atoms with van der Waals surface area (Å²) in [5, 5.41) is 11.0. The normalized spacial score (nSPS) is 15.7. The van der Waals surface area contributed by atoms with Gasteiger partial charge < -0.3 is 9.64 Å². The highest BCUT2D eigenvalue weighted by atomic mass is 32.2. The number of hydrogen-bond donors (Lipinski definition) is 1. The van der Waals surface area contributed by atoms with Crippen LogP contribution in [0.2, 0.25) is 0 Å². The molecule has 0 unspecified atom stereocenters. The Morgan fingerprint density at radius 3 is 2.63 bits per heavy atom.